The van der Waals surface area contributed by atoms with Crippen molar-refractivity contribution in [3.05, 3.63) is 54.2 Å². The van der Waals surface area contributed by atoms with Gasteiger partial charge in [0.05, 0.1) is 12.4 Å². The molecule has 10 N–H and O–H groups in total. The fourth-order valence-electron chi connectivity index (χ4n) is 3.85. The number of H-pyrrole nitrogens is 2. The molecule has 14 heteroatoms. The molecule has 14 nitrogen and oxygen atoms in total. The molecule has 202 valence electrons. The van der Waals surface area contributed by atoms with Gasteiger partial charge in [-0.2, -0.15) is 0 Å². The van der Waals surface area contributed by atoms with Gasteiger partial charge in [0.15, 0.2) is 0 Å². The molecule has 1 aromatic carbocycles. The monoisotopic (exact) mass is 526 g/mol. The Labute approximate surface area is 216 Å². The minimum atomic E-state index is -1.26. The Bertz CT molecular complexity index is 1290. The zero-order valence-electron chi connectivity index (χ0n) is 20.4. The van der Waals surface area contributed by atoms with E-state index < -0.39 is 54.3 Å². The lowest BCUT2D eigenvalue weighted by Crippen LogP contribution is -2.56. The highest BCUT2D eigenvalue weighted by molar-refractivity contribution is 5.94. The number of hydrogen-bond donors (Lipinski definition) is 8. The highest BCUT2D eigenvalue weighted by Gasteiger charge is 2.29. The molecule has 0 fully saturated rings. The van der Waals surface area contributed by atoms with Gasteiger partial charge in [-0.1, -0.05) is 18.2 Å². The van der Waals surface area contributed by atoms with Crippen molar-refractivity contribution in [2.45, 2.75) is 43.8 Å². The molecule has 0 saturated carbocycles. The second-order valence-electron chi connectivity index (χ2n) is 8.69. The smallest absolute Gasteiger partial charge is 0.322 e. The van der Waals surface area contributed by atoms with E-state index in [0.717, 1.165) is 10.9 Å². The van der Waals surface area contributed by atoms with E-state index in [1.54, 1.807) is 6.20 Å². The molecule has 0 saturated heterocycles. The van der Waals surface area contributed by atoms with E-state index in [0.29, 0.717) is 11.3 Å². The van der Waals surface area contributed by atoms with E-state index in [4.69, 9.17) is 16.6 Å². The first-order chi connectivity index (χ1) is 18.1. The lowest BCUT2D eigenvalue weighted by atomic mass is 10.0. The van der Waals surface area contributed by atoms with Crippen LogP contribution in [0.3, 0.4) is 0 Å². The molecule has 3 unspecified atom stereocenters. The number of nitrogens with two attached hydrogens (primary N) is 2. The van der Waals surface area contributed by atoms with Gasteiger partial charge < -0.3 is 42.5 Å². The molecule has 0 aliphatic heterocycles. The number of carbonyl (C=O) groups excluding carboxylic acids is 4. The van der Waals surface area contributed by atoms with Gasteiger partial charge in [-0.15, -0.1) is 0 Å². The number of fused-ring (bicyclic) bond motifs is 1. The molecular formula is C24H30N8O6. The Kier molecular flexibility index (Phi) is 9.54. The third kappa shape index (κ3) is 7.89. The average Bonchev–Trinajstić information content (AvgIpc) is 3.54. The molecule has 4 amide bonds. The Morgan fingerprint density at radius 1 is 0.974 bits per heavy atom. The summed E-state index contributed by atoms with van der Waals surface area (Å²) in [7, 11) is 0. The van der Waals surface area contributed by atoms with Crippen LogP contribution in [0.1, 0.15) is 24.1 Å². The average molecular weight is 527 g/mol. The number of carboxylic acid groups (broad SMARTS) is 1. The number of amides is 4. The maximum Gasteiger partial charge on any atom is 0.322 e. The van der Waals surface area contributed by atoms with Crippen molar-refractivity contribution < 1.29 is 29.1 Å². The topological polar surface area (TPSA) is 238 Å². The van der Waals surface area contributed by atoms with Crippen molar-refractivity contribution in [3.8, 4) is 0 Å². The number of aromatic amines is 2. The van der Waals surface area contributed by atoms with E-state index in [1.807, 2.05) is 24.3 Å². The Hall–Kier alpha value is -4.72. The number of hydrogen-bond acceptors (Lipinski definition) is 7. The number of primary amides is 1. The summed E-state index contributed by atoms with van der Waals surface area (Å²) in [4.78, 5) is 70.9. The van der Waals surface area contributed by atoms with Gasteiger partial charge in [0.2, 0.25) is 23.6 Å². The van der Waals surface area contributed by atoms with Crippen LogP contribution in [0.5, 0.6) is 0 Å². The summed E-state index contributed by atoms with van der Waals surface area (Å²) in [6, 6.07) is 3.89. The van der Waals surface area contributed by atoms with Gasteiger partial charge in [0, 0.05) is 48.3 Å². The Balaban J connectivity index is 1.77. The number of aromatic nitrogens is 3. The summed E-state index contributed by atoms with van der Waals surface area (Å²) in [6.45, 7) is -0.649. The number of para-hydroxylation sites is 1. The van der Waals surface area contributed by atoms with Crippen molar-refractivity contribution in [1.29, 1.82) is 0 Å². The summed E-state index contributed by atoms with van der Waals surface area (Å²) < 4.78 is 0. The zero-order chi connectivity index (χ0) is 27.7. The number of nitrogens with one attached hydrogen (secondary N) is 5. The highest BCUT2D eigenvalue weighted by Crippen LogP contribution is 2.19. The van der Waals surface area contributed by atoms with Crippen LogP contribution in [0.2, 0.25) is 0 Å². The van der Waals surface area contributed by atoms with Gasteiger partial charge in [-0.05, 0) is 18.1 Å². The van der Waals surface area contributed by atoms with Crippen LogP contribution in [-0.2, 0) is 36.8 Å². The van der Waals surface area contributed by atoms with Crippen molar-refractivity contribution in [3.63, 3.8) is 0 Å². The van der Waals surface area contributed by atoms with Gasteiger partial charge in [0.25, 0.3) is 0 Å². The van der Waals surface area contributed by atoms with E-state index in [2.05, 4.69) is 30.9 Å². The second-order valence-corrected chi connectivity index (χ2v) is 8.69. The van der Waals surface area contributed by atoms with Gasteiger partial charge in [-0.25, -0.2) is 4.98 Å². The van der Waals surface area contributed by atoms with Crippen molar-refractivity contribution in [1.82, 2.24) is 30.9 Å². The number of aliphatic carboxylic acids is 1. The quantitative estimate of drug-likeness (QED) is 0.122. The lowest BCUT2D eigenvalue weighted by molar-refractivity contribution is -0.138. The molecule has 3 rings (SSSR count). The number of imidazole rings is 1. The number of carboxylic acids is 1. The molecule has 2 heterocycles. The maximum atomic E-state index is 13.2. The largest absolute Gasteiger partial charge is 0.480 e. The predicted octanol–water partition coefficient (Wildman–Crippen LogP) is -1.56. The van der Waals surface area contributed by atoms with Crippen LogP contribution in [0.15, 0.2) is 43.0 Å². The Morgan fingerprint density at radius 3 is 2.39 bits per heavy atom. The van der Waals surface area contributed by atoms with Gasteiger partial charge in [0.1, 0.15) is 18.6 Å². The van der Waals surface area contributed by atoms with Crippen LogP contribution >= 0.6 is 0 Å². The summed E-state index contributed by atoms with van der Waals surface area (Å²) in [5.74, 6) is -4.10. The Morgan fingerprint density at radius 2 is 1.71 bits per heavy atom. The lowest BCUT2D eigenvalue weighted by Gasteiger charge is -2.24. The summed E-state index contributed by atoms with van der Waals surface area (Å²) >= 11 is 0. The molecule has 0 spiro atoms. The third-order valence-corrected chi connectivity index (χ3v) is 5.79. The standard InChI is InChI=1S/C24H30N8O6/c25-16(8-14-10-27-12-30-14)22(36)31-18(5-6-20(26)33)24(38)32-19(23(37)29-11-21(34)35)7-13-9-28-17-4-2-1-3-15(13)17/h1-4,9-10,12,16,18-19,28H,5-8,11,25H2,(H2,26,33)(H,27,30)(H,29,37)(H,31,36)(H,32,38)(H,34,35). The summed E-state index contributed by atoms with van der Waals surface area (Å²) in [6.07, 6.45) is 4.43. The SMILES string of the molecule is NC(=O)CCC(NC(=O)C(N)Cc1cnc[nH]1)C(=O)NC(Cc1c[nH]c2ccccc12)C(=O)NCC(=O)O. The number of benzene rings is 1. The van der Waals surface area contributed by atoms with Crippen LogP contribution in [0.25, 0.3) is 10.9 Å². The van der Waals surface area contributed by atoms with E-state index in [1.165, 1.54) is 12.5 Å². The molecule has 0 aliphatic rings. The van der Waals surface area contributed by atoms with E-state index in [-0.39, 0.29) is 25.7 Å². The fourth-order valence-corrected chi connectivity index (χ4v) is 3.85. The van der Waals surface area contributed by atoms with Crippen LogP contribution in [0, 0.1) is 0 Å². The maximum absolute atomic E-state index is 13.2. The predicted molar refractivity (Wildman–Crippen MR) is 135 cm³/mol. The van der Waals surface area contributed by atoms with Crippen molar-refractivity contribution in [2.75, 3.05) is 6.54 Å². The molecule has 3 aromatic rings. The molecule has 3 atom stereocenters. The van der Waals surface area contributed by atoms with E-state index >= 15 is 0 Å². The first kappa shape index (κ1) is 27.9. The summed E-state index contributed by atoms with van der Waals surface area (Å²) in [5.41, 5.74) is 13.3. The third-order valence-electron chi connectivity index (χ3n) is 5.79. The number of rotatable bonds is 14. The van der Waals surface area contributed by atoms with Crippen LogP contribution in [-0.4, -0.2) is 74.3 Å². The minimum absolute atomic E-state index is 0.0248. The molecule has 2 aromatic heterocycles. The number of nitrogens with zero attached hydrogens (tertiary/aromatic N) is 1. The molecule has 38 heavy (non-hydrogen) atoms. The van der Waals surface area contributed by atoms with Crippen molar-refractivity contribution in [2.24, 2.45) is 11.5 Å². The normalized spacial score (nSPS) is 13.3. The van der Waals surface area contributed by atoms with Crippen LogP contribution in [0.4, 0.5) is 0 Å². The zero-order valence-corrected chi connectivity index (χ0v) is 20.4. The van der Waals surface area contributed by atoms with Crippen LogP contribution < -0.4 is 27.4 Å². The van der Waals surface area contributed by atoms with Crippen molar-refractivity contribution >= 4 is 40.5 Å². The highest BCUT2D eigenvalue weighted by atomic mass is 16.4. The molecule has 0 bridgehead atoms. The molecular weight excluding hydrogens is 496 g/mol. The van der Waals surface area contributed by atoms with Gasteiger partial charge >= 0.3 is 5.97 Å². The summed E-state index contributed by atoms with van der Waals surface area (Å²) in [5, 5.41) is 17.1. The minimum Gasteiger partial charge on any atom is -0.480 e. The number of carbonyl (C=O) groups is 5. The fraction of sp³-hybridized carbons (Fsp3) is 0.333. The van der Waals surface area contributed by atoms with E-state index in [9.17, 15) is 24.0 Å². The van der Waals surface area contributed by atoms with Gasteiger partial charge in [-0.3, -0.25) is 24.0 Å². The molecule has 0 aliphatic carbocycles. The molecule has 0 radical (unpaired) electrons. The second kappa shape index (κ2) is 13.0. The first-order valence-electron chi connectivity index (χ1n) is 11.8. The first-order valence-corrected chi connectivity index (χ1v) is 11.8.